The number of benzene rings is 3. The fourth-order valence-corrected chi connectivity index (χ4v) is 7.59. The zero-order valence-corrected chi connectivity index (χ0v) is 27.7. The highest BCUT2D eigenvalue weighted by Gasteiger charge is 2.42. The molecule has 0 aliphatic carbocycles. The van der Waals surface area contributed by atoms with Crippen molar-refractivity contribution >= 4 is 38.9 Å². The van der Waals surface area contributed by atoms with Crippen LogP contribution in [0.3, 0.4) is 0 Å². The van der Waals surface area contributed by atoms with Gasteiger partial charge in [0.15, 0.2) is 0 Å². The summed E-state index contributed by atoms with van der Waals surface area (Å²) in [5, 5.41) is 0.928. The lowest BCUT2D eigenvalue weighted by Crippen LogP contribution is -2.48. The molecule has 6 rings (SSSR count). The lowest BCUT2D eigenvalue weighted by molar-refractivity contribution is -0.313. The average Bonchev–Trinajstić information content (AvgIpc) is 3.57. The molecule has 1 aromatic heterocycles. The van der Waals surface area contributed by atoms with Gasteiger partial charge in [-0.2, -0.15) is 4.31 Å². The Hall–Kier alpha value is -3.37. The van der Waals surface area contributed by atoms with Gasteiger partial charge in [-0.15, -0.1) is 13.2 Å². The highest BCUT2D eigenvalue weighted by Crippen LogP contribution is 2.38. The fourth-order valence-electron chi connectivity index (χ4n) is 5.58. The van der Waals surface area contributed by atoms with Gasteiger partial charge >= 0.3 is 6.36 Å². The van der Waals surface area contributed by atoms with E-state index >= 15 is 0 Å². The minimum atomic E-state index is -4.92. The normalized spacial score (nSPS) is 20.9. The molecule has 4 aromatic rings. The Balaban J connectivity index is 1.01. The summed E-state index contributed by atoms with van der Waals surface area (Å²) in [5.41, 5.74) is 2.49. The van der Waals surface area contributed by atoms with Crippen LogP contribution < -0.4 is 9.64 Å². The summed E-state index contributed by atoms with van der Waals surface area (Å²) >= 11 is 12.7. The number of halogens is 5. The summed E-state index contributed by atoms with van der Waals surface area (Å²) in [4.78, 5) is 5.90. The molecule has 10 nitrogen and oxygen atoms in total. The zero-order chi connectivity index (χ0) is 33.9. The molecule has 2 aliphatic rings. The van der Waals surface area contributed by atoms with Crippen molar-refractivity contribution in [2.45, 2.75) is 36.3 Å². The van der Waals surface area contributed by atoms with Gasteiger partial charge in [0.2, 0.25) is 15.8 Å². The van der Waals surface area contributed by atoms with Crippen LogP contribution in [0.15, 0.2) is 90.3 Å². The van der Waals surface area contributed by atoms with E-state index in [4.69, 9.17) is 37.4 Å². The predicted molar refractivity (Wildman–Crippen MR) is 171 cm³/mol. The maximum atomic E-state index is 13.1. The molecule has 48 heavy (non-hydrogen) atoms. The van der Waals surface area contributed by atoms with E-state index in [-0.39, 0.29) is 37.3 Å². The Morgan fingerprint density at radius 2 is 1.69 bits per heavy atom. The van der Waals surface area contributed by atoms with Crippen molar-refractivity contribution in [1.29, 1.82) is 0 Å². The van der Waals surface area contributed by atoms with Gasteiger partial charge in [-0.25, -0.2) is 13.4 Å². The topological polar surface area (TPSA) is 95.4 Å². The number of hydrogen-bond donors (Lipinski definition) is 0. The number of aromatic nitrogens is 2. The van der Waals surface area contributed by atoms with E-state index in [1.54, 1.807) is 30.7 Å². The van der Waals surface area contributed by atoms with Gasteiger partial charge < -0.3 is 28.4 Å². The summed E-state index contributed by atoms with van der Waals surface area (Å²) in [7, 11) is -4.00. The molecule has 2 saturated heterocycles. The molecule has 0 unspecified atom stereocenters. The van der Waals surface area contributed by atoms with E-state index < -0.39 is 27.9 Å². The first-order chi connectivity index (χ1) is 22.9. The third kappa shape index (κ3) is 8.08. The van der Waals surface area contributed by atoms with Crippen molar-refractivity contribution in [3.8, 4) is 5.75 Å². The number of piperazine rings is 1. The fraction of sp³-hybridized carbons (Fsp3) is 0.344. The molecule has 0 amide bonds. The highest BCUT2D eigenvalue weighted by atomic mass is 35.5. The molecule has 3 aromatic carbocycles. The van der Waals surface area contributed by atoms with E-state index in [2.05, 4.69) is 9.72 Å². The summed E-state index contributed by atoms with van der Waals surface area (Å²) in [5.74, 6) is -1.74. The monoisotopic (exact) mass is 726 g/mol. The smallest absolute Gasteiger partial charge is 0.406 e. The number of sulfonamides is 1. The maximum absolute atomic E-state index is 13.1. The third-order valence-corrected chi connectivity index (χ3v) is 10.4. The largest absolute Gasteiger partial charge is 0.573 e. The third-order valence-electron chi connectivity index (χ3n) is 8.00. The number of imidazole rings is 1. The molecule has 2 aliphatic heterocycles. The lowest BCUT2D eigenvalue weighted by Gasteiger charge is -2.41. The van der Waals surface area contributed by atoms with Crippen LogP contribution in [0.5, 0.6) is 5.75 Å². The SMILES string of the molecule is O=S(=O)(c1cccc(OC(F)(F)F)c1)N1CCN(c2ccc(CO[C@H]3CO[C@@](Cn4ccnc4)(c4ccc(Cl)cc4Cl)OC3)cc2)CC1. The van der Waals surface area contributed by atoms with Crippen molar-refractivity contribution in [1.82, 2.24) is 13.9 Å². The van der Waals surface area contributed by atoms with Crippen LogP contribution in [0.1, 0.15) is 11.1 Å². The van der Waals surface area contributed by atoms with E-state index in [0.29, 0.717) is 41.8 Å². The Morgan fingerprint density at radius 3 is 2.33 bits per heavy atom. The van der Waals surface area contributed by atoms with Crippen molar-refractivity contribution < 1.29 is 40.5 Å². The molecule has 0 saturated carbocycles. The van der Waals surface area contributed by atoms with Crippen LogP contribution >= 0.6 is 23.2 Å². The van der Waals surface area contributed by atoms with Crippen molar-refractivity contribution in [3.63, 3.8) is 0 Å². The van der Waals surface area contributed by atoms with Gasteiger partial charge in [-0.3, -0.25) is 0 Å². The predicted octanol–water partition coefficient (Wildman–Crippen LogP) is 6.08. The summed E-state index contributed by atoms with van der Waals surface area (Å²) in [6.07, 6.45) is -0.0934. The Morgan fingerprint density at radius 1 is 0.958 bits per heavy atom. The average molecular weight is 728 g/mol. The van der Waals surface area contributed by atoms with E-state index in [0.717, 1.165) is 23.4 Å². The molecule has 0 N–H and O–H groups in total. The minimum absolute atomic E-state index is 0.169. The van der Waals surface area contributed by atoms with Crippen LogP contribution in [0.2, 0.25) is 10.0 Å². The van der Waals surface area contributed by atoms with Crippen molar-refractivity contribution in [2.24, 2.45) is 0 Å². The second-order valence-electron chi connectivity index (χ2n) is 11.2. The standard InChI is InChI=1S/C32H31Cl2F3N4O6S/c33-24-6-9-29(30(34)16-24)31(21-39-11-10-38-22-39)45-19-27(20-46-31)44-18-23-4-7-25(8-5-23)40-12-14-41(15-13-40)48(42,43)28-3-1-2-26(17-28)47-32(35,36)37/h1-11,16-17,22,27H,12-15,18-21H2/t27-,31+. The van der Waals surface area contributed by atoms with Crippen LogP contribution in [0, 0.1) is 0 Å². The molecule has 0 spiro atoms. The number of anilines is 1. The number of ether oxygens (including phenoxy) is 4. The number of alkyl halides is 3. The lowest BCUT2D eigenvalue weighted by atomic mass is 10.0. The second kappa shape index (κ2) is 14.2. The first-order valence-electron chi connectivity index (χ1n) is 14.9. The first-order valence-corrected chi connectivity index (χ1v) is 17.1. The molecule has 3 heterocycles. The molecule has 2 fully saturated rings. The number of nitrogens with zero attached hydrogens (tertiary/aromatic N) is 4. The summed E-state index contributed by atoms with van der Waals surface area (Å²) < 4.78 is 89.8. The molecule has 0 atom stereocenters. The molecule has 256 valence electrons. The van der Waals surface area contributed by atoms with Gasteiger partial charge in [-0.05, 0) is 42.0 Å². The summed E-state index contributed by atoms with van der Waals surface area (Å²) in [6, 6.07) is 17.3. The number of rotatable bonds is 10. The van der Waals surface area contributed by atoms with Crippen LogP contribution in [0.4, 0.5) is 18.9 Å². The molecule has 0 radical (unpaired) electrons. The maximum Gasteiger partial charge on any atom is 0.573 e. The molecular formula is C32H31Cl2F3N4O6S. The second-order valence-corrected chi connectivity index (χ2v) is 14.0. The van der Waals surface area contributed by atoms with Gasteiger partial charge in [0.1, 0.15) is 11.9 Å². The quantitative estimate of drug-likeness (QED) is 0.194. The van der Waals surface area contributed by atoms with Crippen LogP contribution in [-0.2, 0) is 43.2 Å². The van der Waals surface area contributed by atoms with E-state index in [9.17, 15) is 21.6 Å². The zero-order valence-electron chi connectivity index (χ0n) is 25.4. The summed E-state index contributed by atoms with van der Waals surface area (Å²) in [6.45, 7) is 2.32. The van der Waals surface area contributed by atoms with Gasteiger partial charge in [0.05, 0.1) is 42.6 Å². The van der Waals surface area contributed by atoms with E-state index in [1.165, 1.54) is 16.4 Å². The molecule has 0 bridgehead atoms. The number of hydrogen-bond acceptors (Lipinski definition) is 8. The van der Waals surface area contributed by atoms with E-state index in [1.807, 2.05) is 39.9 Å². The Kier molecular flexibility index (Phi) is 10.2. The Bertz CT molecular complexity index is 1800. The minimum Gasteiger partial charge on any atom is -0.406 e. The highest BCUT2D eigenvalue weighted by molar-refractivity contribution is 7.89. The first kappa shape index (κ1) is 34.5. The van der Waals surface area contributed by atoms with Crippen LogP contribution in [0.25, 0.3) is 0 Å². The van der Waals surface area contributed by atoms with Crippen LogP contribution in [-0.4, -0.2) is 74.1 Å². The van der Waals surface area contributed by atoms with Gasteiger partial charge in [0, 0.05) is 60.9 Å². The van der Waals surface area contributed by atoms with Crippen molar-refractivity contribution in [3.05, 3.63) is 107 Å². The molecular weight excluding hydrogens is 696 g/mol. The molecule has 16 heteroatoms. The Labute approximate surface area is 285 Å². The van der Waals surface area contributed by atoms with Crippen molar-refractivity contribution in [2.75, 3.05) is 44.3 Å². The van der Waals surface area contributed by atoms with Gasteiger partial charge in [0.25, 0.3) is 0 Å². The van der Waals surface area contributed by atoms with Gasteiger partial charge in [-0.1, -0.05) is 47.5 Å².